The predicted molar refractivity (Wildman–Crippen MR) is 150 cm³/mol. The molecule has 0 fully saturated rings. The van der Waals surface area contributed by atoms with Gasteiger partial charge in [0.1, 0.15) is 18.0 Å². The van der Waals surface area contributed by atoms with E-state index in [1.807, 2.05) is 48.5 Å². The number of nitrogens with zero attached hydrogens (tertiary/aromatic N) is 1. The number of H-pyrrole nitrogens is 1. The van der Waals surface area contributed by atoms with E-state index in [0.717, 1.165) is 20.2 Å². The molecule has 0 bridgehead atoms. The fraction of sp³-hybridized carbons (Fsp3) is 0.357. The summed E-state index contributed by atoms with van der Waals surface area (Å²) >= 11 is 2.16. The number of aromatic nitrogens is 1. The summed E-state index contributed by atoms with van der Waals surface area (Å²) in [5.74, 6) is 0.137. The summed E-state index contributed by atoms with van der Waals surface area (Å²) < 4.78 is 7.04. The van der Waals surface area contributed by atoms with Gasteiger partial charge in [0, 0.05) is 49.1 Å². The third kappa shape index (κ3) is 6.52. The van der Waals surface area contributed by atoms with Crippen molar-refractivity contribution in [2.75, 3.05) is 19.7 Å². The zero-order chi connectivity index (χ0) is 26.4. The van der Waals surface area contributed by atoms with Gasteiger partial charge < -0.3 is 30.2 Å². The van der Waals surface area contributed by atoms with Crippen molar-refractivity contribution < 1.29 is 24.5 Å². The second-order valence-electron chi connectivity index (χ2n) is 9.02. The van der Waals surface area contributed by atoms with Crippen molar-refractivity contribution in [2.45, 2.75) is 44.4 Å². The highest BCUT2D eigenvalue weighted by Crippen LogP contribution is 2.30. The van der Waals surface area contributed by atoms with Crippen LogP contribution in [0.3, 0.4) is 0 Å². The minimum absolute atomic E-state index is 0.106. The molecular weight excluding hydrogens is 585 g/mol. The highest BCUT2D eigenvalue weighted by atomic mass is 127. The molecule has 0 aliphatic heterocycles. The van der Waals surface area contributed by atoms with Gasteiger partial charge in [-0.05, 0) is 58.3 Å². The number of fused-ring (bicyclic) bond motifs is 1. The van der Waals surface area contributed by atoms with Gasteiger partial charge in [-0.2, -0.15) is 0 Å². The molecule has 4 rings (SSSR count). The van der Waals surface area contributed by atoms with Crippen LogP contribution in [0.5, 0.6) is 5.75 Å². The molecule has 1 aromatic heterocycles. The molecule has 0 saturated carbocycles. The Kier molecular flexibility index (Phi) is 9.23. The second-order valence-corrected chi connectivity index (χ2v) is 10.2. The molecule has 1 heterocycles. The van der Waals surface area contributed by atoms with Gasteiger partial charge in [0.25, 0.3) is 0 Å². The highest BCUT2D eigenvalue weighted by Gasteiger charge is 2.40. The molecule has 4 N–H and O–H groups in total. The van der Waals surface area contributed by atoms with E-state index in [2.05, 4.69) is 39.0 Å². The van der Waals surface area contributed by atoms with Crippen molar-refractivity contribution in [1.29, 1.82) is 0 Å². The van der Waals surface area contributed by atoms with Crippen LogP contribution in [-0.4, -0.2) is 69.9 Å². The van der Waals surface area contributed by atoms with Crippen molar-refractivity contribution in [3.8, 4) is 5.75 Å². The molecule has 2 amide bonds. The third-order valence-electron chi connectivity index (χ3n) is 6.54. The maximum absolute atomic E-state index is 13.1. The van der Waals surface area contributed by atoms with E-state index in [4.69, 9.17) is 9.84 Å². The maximum atomic E-state index is 13.1. The minimum Gasteiger partial charge on any atom is -0.482 e. The number of benzene rings is 2. The topological polar surface area (TPSA) is 115 Å². The smallest absolute Gasteiger partial charge is 0.247 e. The Hall–Kier alpha value is -2.89. The first-order valence-electron chi connectivity index (χ1n) is 12.5. The van der Waals surface area contributed by atoms with Crippen LogP contribution < -0.4 is 10.1 Å². The van der Waals surface area contributed by atoms with Crippen LogP contribution >= 0.6 is 22.6 Å². The zero-order valence-electron chi connectivity index (χ0n) is 20.7. The number of aliphatic hydroxyl groups excluding tert-OH is 2. The van der Waals surface area contributed by atoms with E-state index >= 15 is 0 Å². The molecule has 9 heteroatoms. The predicted octanol–water partition coefficient (Wildman–Crippen LogP) is 3.17. The van der Waals surface area contributed by atoms with Crippen LogP contribution in [0.1, 0.15) is 25.5 Å². The highest BCUT2D eigenvalue weighted by molar-refractivity contribution is 14.1. The Morgan fingerprint density at radius 2 is 1.95 bits per heavy atom. The van der Waals surface area contributed by atoms with Gasteiger partial charge in [-0.3, -0.25) is 9.59 Å². The van der Waals surface area contributed by atoms with E-state index in [1.165, 1.54) is 0 Å². The molecule has 37 heavy (non-hydrogen) atoms. The van der Waals surface area contributed by atoms with Crippen LogP contribution in [0.25, 0.3) is 10.9 Å². The van der Waals surface area contributed by atoms with Crippen LogP contribution in [0.15, 0.2) is 66.2 Å². The summed E-state index contributed by atoms with van der Waals surface area (Å²) in [5.41, 5.74) is 2.43. The number of carbonyl (C=O) groups is 2. The number of carbonyl (C=O) groups excluding carboxylic acids is 2. The maximum Gasteiger partial charge on any atom is 0.247 e. The molecular formula is C28H32IN3O5. The van der Waals surface area contributed by atoms with Crippen molar-refractivity contribution >= 4 is 45.3 Å². The number of para-hydroxylation sites is 2. The largest absolute Gasteiger partial charge is 0.482 e. The van der Waals surface area contributed by atoms with Crippen LogP contribution in [0.4, 0.5) is 0 Å². The first kappa shape index (κ1) is 27.2. The quantitative estimate of drug-likeness (QED) is 0.261. The summed E-state index contributed by atoms with van der Waals surface area (Å²) in [4.78, 5) is 31.1. The number of aliphatic hydroxyl groups is 2. The van der Waals surface area contributed by atoms with Crippen molar-refractivity contribution in [2.24, 2.45) is 0 Å². The van der Waals surface area contributed by atoms with Crippen molar-refractivity contribution in [1.82, 2.24) is 15.2 Å². The summed E-state index contributed by atoms with van der Waals surface area (Å²) in [5, 5.41) is 24.4. The number of amides is 2. The number of rotatable bonds is 10. The zero-order valence-corrected chi connectivity index (χ0v) is 22.9. The number of halogens is 1. The number of hydrogen-bond donors (Lipinski definition) is 4. The number of nitrogens with one attached hydrogen (secondary N) is 2. The lowest BCUT2D eigenvalue weighted by molar-refractivity contribution is -0.138. The molecule has 0 radical (unpaired) electrons. The van der Waals surface area contributed by atoms with Gasteiger partial charge in [0.15, 0.2) is 0 Å². The molecule has 1 aliphatic carbocycles. The average Bonchev–Trinajstić information content (AvgIpc) is 3.33. The van der Waals surface area contributed by atoms with Crippen LogP contribution in [0, 0.1) is 3.57 Å². The lowest BCUT2D eigenvalue weighted by atomic mass is 9.88. The second kappa shape index (κ2) is 12.6. The molecule has 196 valence electrons. The summed E-state index contributed by atoms with van der Waals surface area (Å²) in [6.45, 7) is 2.10. The molecule has 3 aromatic rings. The third-order valence-corrected chi connectivity index (χ3v) is 7.44. The Morgan fingerprint density at radius 3 is 2.68 bits per heavy atom. The summed E-state index contributed by atoms with van der Waals surface area (Å²) in [6, 6.07) is 16.8. The Labute approximate surface area is 229 Å². The number of aromatic amines is 1. The number of ether oxygens (including phenoxy) is 1. The molecule has 0 unspecified atom stereocenters. The van der Waals surface area contributed by atoms with E-state index in [1.54, 1.807) is 17.9 Å². The van der Waals surface area contributed by atoms with E-state index in [9.17, 15) is 14.7 Å². The van der Waals surface area contributed by atoms with Crippen LogP contribution in [0.2, 0.25) is 0 Å². The molecule has 8 nitrogen and oxygen atoms in total. The summed E-state index contributed by atoms with van der Waals surface area (Å²) in [7, 11) is 0. The fourth-order valence-electron chi connectivity index (χ4n) is 4.65. The molecule has 3 atom stereocenters. The van der Waals surface area contributed by atoms with Gasteiger partial charge in [-0.25, -0.2) is 0 Å². The first-order chi connectivity index (χ1) is 17.9. The minimum atomic E-state index is -1.04. The van der Waals surface area contributed by atoms with Gasteiger partial charge in [0.05, 0.1) is 16.2 Å². The molecule has 2 aromatic carbocycles. The average molecular weight is 617 g/mol. The summed E-state index contributed by atoms with van der Waals surface area (Å²) in [6.07, 6.45) is 0.787. The first-order valence-corrected chi connectivity index (χ1v) is 13.5. The van der Waals surface area contributed by atoms with Crippen molar-refractivity contribution in [3.63, 3.8) is 0 Å². The van der Waals surface area contributed by atoms with Crippen molar-refractivity contribution in [3.05, 3.63) is 75.5 Å². The Balaban J connectivity index is 1.60. The molecule has 0 spiro atoms. The van der Waals surface area contributed by atoms with Gasteiger partial charge in [0.2, 0.25) is 11.8 Å². The van der Waals surface area contributed by atoms with Gasteiger partial charge in [-0.1, -0.05) is 37.3 Å². The Morgan fingerprint density at radius 1 is 1.19 bits per heavy atom. The lowest BCUT2D eigenvalue weighted by Gasteiger charge is -2.40. The van der Waals surface area contributed by atoms with E-state index in [0.29, 0.717) is 24.3 Å². The van der Waals surface area contributed by atoms with Gasteiger partial charge in [-0.15, -0.1) is 0 Å². The SMILES string of the molecule is CCC(=O)N(CCc1cc2ccccc2[nH]1)[C@@H]1CC(C(=O)NCCO)=C[C@H](Oc2ccccc2I)[C@H]1O. The monoisotopic (exact) mass is 617 g/mol. The van der Waals surface area contributed by atoms with Gasteiger partial charge >= 0.3 is 0 Å². The van der Waals surface area contributed by atoms with E-state index in [-0.39, 0.29) is 37.8 Å². The molecule has 0 saturated heterocycles. The standard InChI is InChI=1S/C28H32IN3O5/c1-2-26(34)32(13-11-20-15-18-7-3-5-9-22(18)31-20)23-16-19(28(36)30-12-14-33)17-25(27(23)35)37-24-10-6-4-8-21(24)29/h3-10,15,17,23,25,27,31,33,35H,2,11-14,16H2,1H3,(H,30,36)/t23-,25+,27+/m1/s1. The fourth-order valence-corrected chi connectivity index (χ4v) is 5.17. The normalized spacial score (nSPS) is 19.4. The van der Waals surface area contributed by atoms with E-state index < -0.39 is 18.2 Å². The molecule has 1 aliphatic rings. The Bertz CT molecular complexity index is 1240. The number of hydrogen-bond acceptors (Lipinski definition) is 5. The lowest BCUT2D eigenvalue weighted by Crippen LogP contribution is -2.55. The van der Waals surface area contributed by atoms with Crippen LogP contribution in [-0.2, 0) is 16.0 Å².